The number of aromatic nitrogens is 2. The van der Waals surface area contributed by atoms with E-state index in [1.807, 2.05) is 0 Å². The molecule has 0 bridgehead atoms. The van der Waals surface area contributed by atoms with Crippen LogP contribution in [0.5, 0.6) is 5.75 Å². The molecule has 9 nitrogen and oxygen atoms in total. The number of fused-ring (bicyclic) bond motifs is 1. The Morgan fingerprint density at radius 3 is 2.45 bits per heavy atom. The van der Waals surface area contributed by atoms with Gasteiger partial charge in [-0.05, 0) is 23.8 Å². The number of alkyl halides is 3. The fraction of sp³-hybridized carbons (Fsp3) is 0.286. The lowest BCUT2D eigenvalue weighted by Gasteiger charge is -2.10. The Morgan fingerprint density at radius 1 is 1.15 bits per heavy atom. The molecule has 0 unspecified atom stereocenters. The summed E-state index contributed by atoms with van der Waals surface area (Å²) in [6.07, 6.45) is -3.22. The lowest BCUT2D eigenvalue weighted by atomic mass is 10.2. The van der Waals surface area contributed by atoms with Crippen LogP contribution < -0.4 is 15.4 Å². The third-order valence-corrected chi connectivity index (χ3v) is 4.60. The summed E-state index contributed by atoms with van der Waals surface area (Å²) in [7, 11) is 4.21. The minimum atomic E-state index is -4.75. The van der Waals surface area contributed by atoms with E-state index >= 15 is 0 Å². The number of benzene rings is 1. The minimum absolute atomic E-state index is 0.113. The molecule has 0 spiro atoms. The van der Waals surface area contributed by atoms with Gasteiger partial charge < -0.3 is 29.4 Å². The van der Waals surface area contributed by atoms with Crippen molar-refractivity contribution in [2.24, 2.45) is 7.05 Å². The fourth-order valence-electron chi connectivity index (χ4n) is 3.19. The largest absolute Gasteiger partial charge is 0.573 e. The van der Waals surface area contributed by atoms with Crippen LogP contribution in [0, 0.1) is 0 Å². The second kappa shape index (κ2) is 9.77. The maximum Gasteiger partial charge on any atom is 0.573 e. The van der Waals surface area contributed by atoms with Gasteiger partial charge in [0, 0.05) is 26.1 Å². The first-order valence-corrected chi connectivity index (χ1v) is 9.57. The molecule has 0 radical (unpaired) electrons. The van der Waals surface area contributed by atoms with Gasteiger partial charge in [0.2, 0.25) is 5.91 Å². The molecule has 12 heteroatoms. The average molecular weight is 466 g/mol. The zero-order valence-corrected chi connectivity index (χ0v) is 17.9. The molecule has 0 saturated carbocycles. The quantitative estimate of drug-likeness (QED) is 0.490. The Hall–Kier alpha value is -3.80. The number of halogens is 3. The lowest BCUT2D eigenvalue weighted by molar-refractivity contribution is -0.274. The third kappa shape index (κ3) is 5.71. The van der Waals surface area contributed by atoms with Crippen molar-refractivity contribution >= 4 is 34.3 Å². The summed E-state index contributed by atoms with van der Waals surface area (Å²) < 4.78 is 51.9. The van der Waals surface area contributed by atoms with Gasteiger partial charge in [-0.25, -0.2) is 9.78 Å². The molecular weight excluding hydrogens is 445 g/mol. The number of rotatable bonds is 8. The van der Waals surface area contributed by atoms with Crippen molar-refractivity contribution in [1.29, 1.82) is 0 Å². The topological polar surface area (TPSA) is 104 Å². The molecule has 0 atom stereocenters. The van der Waals surface area contributed by atoms with Crippen molar-refractivity contribution in [1.82, 2.24) is 9.55 Å². The van der Waals surface area contributed by atoms with Crippen LogP contribution in [0.15, 0.2) is 36.5 Å². The first-order valence-electron chi connectivity index (χ1n) is 9.57. The van der Waals surface area contributed by atoms with E-state index in [9.17, 15) is 22.8 Å². The molecule has 2 heterocycles. The number of anilines is 2. The summed E-state index contributed by atoms with van der Waals surface area (Å²) in [5.74, 6) is -1.43. The number of hydrogen-bond donors (Lipinski definition) is 2. The molecule has 2 N–H and O–H groups in total. The highest BCUT2D eigenvalue weighted by atomic mass is 19.4. The molecule has 176 valence electrons. The number of methoxy groups -OCH3 is 2. The van der Waals surface area contributed by atoms with Gasteiger partial charge in [0.15, 0.2) is 5.69 Å². The van der Waals surface area contributed by atoms with E-state index in [0.717, 1.165) is 0 Å². The molecule has 0 aliphatic rings. The Kier molecular flexibility index (Phi) is 7.07. The van der Waals surface area contributed by atoms with Crippen LogP contribution in [0.25, 0.3) is 11.0 Å². The van der Waals surface area contributed by atoms with Crippen LogP contribution in [0.1, 0.15) is 16.1 Å². The monoisotopic (exact) mass is 466 g/mol. The van der Waals surface area contributed by atoms with E-state index in [2.05, 4.69) is 20.4 Å². The Labute approximate surface area is 186 Å². The van der Waals surface area contributed by atoms with Gasteiger partial charge in [0.25, 0.3) is 0 Å². The van der Waals surface area contributed by atoms with Crippen LogP contribution in [-0.2, 0) is 27.9 Å². The number of aryl methyl sites for hydroxylation is 1. The van der Waals surface area contributed by atoms with Crippen LogP contribution in [0.3, 0.4) is 0 Å². The first-order chi connectivity index (χ1) is 15.6. The second-order valence-corrected chi connectivity index (χ2v) is 6.90. The van der Waals surface area contributed by atoms with Crippen molar-refractivity contribution < 1.29 is 37.0 Å². The van der Waals surface area contributed by atoms with E-state index in [-0.39, 0.29) is 30.3 Å². The van der Waals surface area contributed by atoms with Gasteiger partial charge in [-0.15, -0.1) is 13.2 Å². The van der Waals surface area contributed by atoms with Crippen LogP contribution in [-0.4, -0.2) is 48.6 Å². The van der Waals surface area contributed by atoms with Crippen LogP contribution >= 0.6 is 0 Å². The van der Waals surface area contributed by atoms with Gasteiger partial charge in [0.05, 0.1) is 24.7 Å². The molecule has 0 aliphatic heterocycles. The summed E-state index contributed by atoms with van der Waals surface area (Å²) in [5.41, 5.74) is 2.03. The number of nitrogens with one attached hydrogen (secondary N) is 2. The number of amides is 1. The molecule has 1 amide bonds. The van der Waals surface area contributed by atoms with E-state index in [1.165, 1.54) is 49.2 Å². The standard InChI is InChI=1S/C21H21F3N4O5/c1-28-18(20(30)32-3)17(27-16(29)11-31-2)15-8-13(10-26-19(15)28)25-9-12-4-6-14(7-5-12)33-21(22,23)24/h4-8,10,25H,9,11H2,1-3H3,(H,27,29). The molecule has 3 aromatic rings. The SMILES string of the molecule is COCC(=O)Nc1c(C(=O)OC)n(C)c2ncc(NCc3ccc(OC(F)(F)F)cc3)cc12. The predicted molar refractivity (Wildman–Crippen MR) is 113 cm³/mol. The molecule has 0 aliphatic carbocycles. The maximum atomic E-state index is 12.3. The second-order valence-electron chi connectivity index (χ2n) is 6.90. The third-order valence-electron chi connectivity index (χ3n) is 4.60. The van der Waals surface area contributed by atoms with Gasteiger partial charge in [0.1, 0.15) is 18.0 Å². The first kappa shape index (κ1) is 23.9. The number of ether oxygens (including phenoxy) is 3. The van der Waals surface area contributed by atoms with E-state index in [0.29, 0.717) is 22.3 Å². The molecule has 3 rings (SSSR count). The number of pyridine rings is 1. The lowest BCUT2D eigenvalue weighted by Crippen LogP contribution is -2.19. The van der Waals surface area contributed by atoms with Crippen molar-refractivity contribution in [2.45, 2.75) is 12.9 Å². The van der Waals surface area contributed by atoms with Crippen molar-refractivity contribution in [3.05, 3.63) is 47.8 Å². The van der Waals surface area contributed by atoms with E-state index < -0.39 is 18.2 Å². The van der Waals surface area contributed by atoms with Gasteiger partial charge in [-0.2, -0.15) is 0 Å². The highest BCUT2D eigenvalue weighted by Gasteiger charge is 2.31. The number of hydrogen-bond acceptors (Lipinski definition) is 7. The van der Waals surface area contributed by atoms with Gasteiger partial charge in [-0.3, -0.25) is 4.79 Å². The summed E-state index contributed by atoms with van der Waals surface area (Å²) in [6, 6.07) is 7.12. The van der Waals surface area contributed by atoms with Crippen LogP contribution in [0.4, 0.5) is 24.5 Å². The summed E-state index contributed by atoms with van der Waals surface area (Å²) in [6.45, 7) is 0.0674. The van der Waals surface area contributed by atoms with Crippen molar-refractivity contribution in [3.8, 4) is 5.75 Å². The highest BCUT2D eigenvalue weighted by molar-refractivity contribution is 6.11. The normalized spacial score (nSPS) is 11.3. The predicted octanol–water partition coefficient (Wildman–Crippen LogP) is 3.46. The Morgan fingerprint density at radius 2 is 1.85 bits per heavy atom. The molecule has 1 aromatic carbocycles. The average Bonchev–Trinajstić information content (AvgIpc) is 3.03. The number of carbonyl (C=O) groups excluding carboxylic acids is 2. The van der Waals surface area contributed by atoms with Crippen LogP contribution in [0.2, 0.25) is 0 Å². The molecular formula is C21H21F3N4O5. The molecule has 0 saturated heterocycles. The van der Waals surface area contributed by atoms with E-state index in [4.69, 9.17) is 9.47 Å². The number of carbonyl (C=O) groups is 2. The zero-order valence-electron chi connectivity index (χ0n) is 17.9. The number of esters is 1. The zero-order chi connectivity index (χ0) is 24.2. The highest BCUT2D eigenvalue weighted by Crippen LogP contribution is 2.32. The maximum absolute atomic E-state index is 12.3. The minimum Gasteiger partial charge on any atom is -0.464 e. The molecule has 33 heavy (non-hydrogen) atoms. The summed E-state index contributed by atoms with van der Waals surface area (Å²) in [5, 5.41) is 6.25. The summed E-state index contributed by atoms with van der Waals surface area (Å²) in [4.78, 5) is 28.8. The summed E-state index contributed by atoms with van der Waals surface area (Å²) >= 11 is 0. The fourth-order valence-corrected chi connectivity index (χ4v) is 3.19. The Bertz CT molecular complexity index is 1160. The van der Waals surface area contributed by atoms with Crippen molar-refractivity contribution in [2.75, 3.05) is 31.5 Å². The molecule has 2 aromatic heterocycles. The van der Waals surface area contributed by atoms with E-state index in [1.54, 1.807) is 13.1 Å². The smallest absolute Gasteiger partial charge is 0.464 e. The molecule has 0 fully saturated rings. The van der Waals surface area contributed by atoms with Crippen molar-refractivity contribution in [3.63, 3.8) is 0 Å². The Balaban J connectivity index is 1.86. The number of nitrogens with zero attached hydrogens (tertiary/aromatic N) is 2. The van der Waals surface area contributed by atoms with Gasteiger partial charge in [-0.1, -0.05) is 12.1 Å². The van der Waals surface area contributed by atoms with Gasteiger partial charge >= 0.3 is 12.3 Å².